The smallest absolute Gasteiger partial charge is 0.270 e. The second kappa shape index (κ2) is 6.67. The van der Waals surface area contributed by atoms with E-state index in [0.29, 0.717) is 30.0 Å². The third-order valence-corrected chi connectivity index (χ3v) is 3.99. The monoisotopic (exact) mass is 325 g/mol. The van der Waals surface area contributed by atoms with Gasteiger partial charge in [0.1, 0.15) is 23.3 Å². The molecule has 1 atom stereocenters. The van der Waals surface area contributed by atoms with Crippen molar-refractivity contribution in [2.75, 3.05) is 6.61 Å². The summed E-state index contributed by atoms with van der Waals surface area (Å²) in [5.74, 6) is -0.239. The summed E-state index contributed by atoms with van der Waals surface area (Å²) in [6, 6.07) is 9.19. The van der Waals surface area contributed by atoms with Crippen molar-refractivity contribution >= 4 is 5.91 Å². The van der Waals surface area contributed by atoms with E-state index in [0.717, 1.165) is 12.0 Å². The van der Waals surface area contributed by atoms with Crippen LogP contribution in [-0.4, -0.2) is 17.5 Å². The Hall–Kier alpha value is -2.94. The highest BCUT2D eigenvalue weighted by Gasteiger charge is 2.23. The van der Waals surface area contributed by atoms with Gasteiger partial charge in [-0.15, -0.1) is 0 Å². The maximum Gasteiger partial charge on any atom is 0.270 e. The number of aryl methyl sites for hydroxylation is 1. The van der Waals surface area contributed by atoms with Gasteiger partial charge in [-0.25, -0.2) is 9.37 Å². The summed E-state index contributed by atoms with van der Waals surface area (Å²) < 4.78 is 18.9. The highest BCUT2D eigenvalue weighted by Crippen LogP contribution is 2.32. The van der Waals surface area contributed by atoms with Gasteiger partial charge in [0.15, 0.2) is 0 Å². The number of nitrogens with one attached hydrogen (secondary N) is 1. The molecule has 0 bridgehead atoms. The number of ether oxygens (including phenoxy) is 1. The second-order valence-electron chi connectivity index (χ2n) is 5.64. The normalized spacial score (nSPS) is 16.3. The van der Waals surface area contributed by atoms with Crippen LogP contribution in [0.5, 0.6) is 5.75 Å². The van der Waals surface area contributed by atoms with Gasteiger partial charge >= 0.3 is 0 Å². The summed E-state index contributed by atoms with van der Waals surface area (Å²) >= 11 is 0. The zero-order valence-electron chi connectivity index (χ0n) is 13.2. The summed E-state index contributed by atoms with van der Waals surface area (Å²) in [5.41, 5.74) is 1.96. The summed E-state index contributed by atoms with van der Waals surface area (Å²) in [4.78, 5) is 16.7. The predicted molar refractivity (Wildman–Crippen MR) is 85.0 cm³/mol. The molecule has 1 amide bonds. The molecule has 2 aromatic rings. The Labute approximate surface area is 139 Å². The van der Waals surface area contributed by atoms with Crippen molar-refractivity contribution in [3.63, 3.8) is 0 Å². The molecule has 0 radical (unpaired) electrons. The fourth-order valence-corrected chi connectivity index (χ4v) is 2.73. The van der Waals surface area contributed by atoms with Gasteiger partial charge in [0.05, 0.1) is 23.9 Å². The van der Waals surface area contributed by atoms with E-state index in [1.165, 1.54) is 18.2 Å². The molecule has 0 saturated heterocycles. The number of amides is 1. The molecule has 1 aromatic carbocycles. The minimum atomic E-state index is -0.370. The number of nitriles is 1. The summed E-state index contributed by atoms with van der Waals surface area (Å²) in [7, 11) is 0. The number of rotatable bonds is 2. The minimum absolute atomic E-state index is 0.250. The number of aromatic nitrogens is 1. The molecule has 5 nitrogen and oxygen atoms in total. The van der Waals surface area contributed by atoms with Crippen LogP contribution in [0.15, 0.2) is 30.3 Å². The molecule has 24 heavy (non-hydrogen) atoms. The number of carbonyl (C=O) groups excluding carboxylic acids is 1. The Morgan fingerprint density at radius 3 is 3.00 bits per heavy atom. The van der Waals surface area contributed by atoms with E-state index in [1.54, 1.807) is 19.1 Å². The first-order chi connectivity index (χ1) is 11.6. The van der Waals surface area contributed by atoms with Gasteiger partial charge in [0.25, 0.3) is 5.91 Å². The summed E-state index contributed by atoms with van der Waals surface area (Å²) in [5, 5.41) is 11.9. The number of pyridine rings is 1. The van der Waals surface area contributed by atoms with E-state index in [-0.39, 0.29) is 23.5 Å². The second-order valence-corrected chi connectivity index (χ2v) is 5.64. The minimum Gasteiger partial charge on any atom is -0.493 e. The van der Waals surface area contributed by atoms with Gasteiger partial charge < -0.3 is 10.1 Å². The van der Waals surface area contributed by atoms with Crippen LogP contribution in [0.2, 0.25) is 0 Å². The number of carbonyl (C=O) groups is 1. The molecule has 122 valence electrons. The molecule has 1 aliphatic rings. The van der Waals surface area contributed by atoms with E-state index in [9.17, 15) is 9.18 Å². The van der Waals surface area contributed by atoms with Gasteiger partial charge in [0, 0.05) is 11.6 Å². The first kappa shape index (κ1) is 15.9. The SMILES string of the molecule is Cc1nc(C(=O)N[C@@H]2CCCOc3cc(F)ccc32)ccc1C#N. The Morgan fingerprint density at radius 2 is 2.25 bits per heavy atom. The molecule has 0 unspecified atom stereocenters. The van der Waals surface area contributed by atoms with Crippen LogP contribution in [-0.2, 0) is 0 Å². The maximum absolute atomic E-state index is 13.4. The quantitative estimate of drug-likeness (QED) is 0.921. The third kappa shape index (κ3) is 3.20. The highest BCUT2D eigenvalue weighted by molar-refractivity contribution is 5.92. The van der Waals surface area contributed by atoms with Crippen molar-refractivity contribution in [1.82, 2.24) is 10.3 Å². The van der Waals surface area contributed by atoms with Crippen LogP contribution in [0.25, 0.3) is 0 Å². The van der Waals surface area contributed by atoms with Crippen LogP contribution in [0.3, 0.4) is 0 Å². The molecule has 0 spiro atoms. The number of halogens is 1. The van der Waals surface area contributed by atoms with E-state index >= 15 is 0 Å². The van der Waals surface area contributed by atoms with Crippen LogP contribution in [0.4, 0.5) is 4.39 Å². The van der Waals surface area contributed by atoms with Crippen molar-refractivity contribution in [1.29, 1.82) is 5.26 Å². The average molecular weight is 325 g/mol. The van der Waals surface area contributed by atoms with Gasteiger partial charge in [-0.2, -0.15) is 5.26 Å². The van der Waals surface area contributed by atoms with Crippen LogP contribution >= 0.6 is 0 Å². The fourth-order valence-electron chi connectivity index (χ4n) is 2.73. The van der Waals surface area contributed by atoms with E-state index in [1.807, 2.05) is 6.07 Å². The topological polar surface area (TPSA) is 75.0 Å². The first-order valence-corrected chi connectivity index (χ1v) is 7.69. The molecule has 3 rings (SSSR count). The van der Waals surface area contributed by atoms with Gasteiger partial charge in [0.2, 0.25) is 0 Å². The number of benzene rings is 1. The fraction of sp³-hybridized carbons (Fsp3) is 0.278. The Balaban J connectivity index is 1.84. The van der Waals surface area contributed by atoms with Crippen molar-refractivity contribution in [3.8, 4) is 11.8 Å². The lowest BCUT2D eigenvalue weighted by molar-refractivity contribution is 0.0929. The largest absolute Gasteiger partial charge is 0.493 e. The highest BCUT2D eigenvalue weighted by atomic mass is 19.1. The molecule has 1 aromatic heterocycles. The van der Waals surface area contributed by atoms with Crippen LogP contribution in [0.1, 0.15) is 46.2 Å². The van der Waals surface area contributed by atoms with Crippen LogP contribution in [0, 0.1) is 24.1 Å². The van der Waals surface area contributed by atoms with E-state index in [4.69, 9.17) is 10.00 Å². The molecule has 1 aliphatic heterocycles. The standard InChI is InChI=1S/C18H16FN3O2/c1-11-12(10-20)4-7-16(21-11)18(23)22-15-3-2-8-24-17-9-13(19)5-6-14(15)17/h4-7,9,15H,2-3,8H2,1H3,(H,22,23)/t15-/m1/s1. The maximum atomic E-state index is 13.4. The Bertz CT molecular complexity index is 829. The molecular formula is C18H16FN3O2. The number of fused-ring (bicyclic) bond motifs is 1. The van der Waals surface area contributed by atoms with Gasteiger partial charge in [-0.3, -0.25) is 4.79 Å². The first-order valence-electron chi connectivity index (χ1n) is 7.69. The molecule has 0 saturated carbocycles. The zero-order valence-corrected chi connectivity index (χ0v) is 13.2. The summed E-state index contributed by atoms with van der Waals surface area (Å²) in [6.07, 6.45) is 1.45. The molecule has 0 fully saturated rings. The zero-order chi connectivity index (χ0) is 17.1. The molecule has 2 heterocycles. The van der Waals surface area contributed by atoms with Crippen molar-refractivity contribution < 1.29 is 13.9 Å². The number of hydrogen-bond donors (Lipinski definition) is 1. The Morgan fingerprint density at radius 1 is 1.42 bits per heavy atom. The number of hydrogen-bond acceptors (Lipinski definition) is 4. The molecule has 6 heteroatoms. The van der Waals surface area contributed by atoms with Crippen molar-refractivity contribution in [2.45, 2.75) is 25.8 Å². The van der Waals surface area contributed by atoms with Gasteiger partial charge in [-0.05, 0) is 38.0 Å². The predicted octanol–water partition coefficient (Wildman–Crippen LogP) is 3.04. The van der Waals surface area contributed by atoms with Crippen molar-refractivity contribution in [3.05, 3.63) is 58.7 Å². The Kier molecular flexibility index (Phi) is 4.43. The molecule has 0 aliphatic carbocycles. The van der Waals surface area contributed by atoms with E-state index < -0.39 is 0 Å². The third-order valence-electron chi connectivity index (χ3n) is 3.99. The lowest BCUT2D eigenvalue weighted by Crippen LogP contribution is -2.29. The lowest BCUT2D eigenvalue weighted by Gasteiger charge is -2.18. The van der Waals surface area contributed by atoms with Crippen LogP contribution < -0.4 is 10.1 Å². The molecular weight excluding hydrogens is 309 g/mol. The molecule has 1 N–H and O–H groups in total. The number of nitrogens with zero attached hydrogens (tertiary/aromatic N) is 2. The summed E-state index contributed by atoms with van der Waals surface area (Å²) in [6.45, 7) is 2.17. The van der Waals surface area contributed by atoms with Gasteiger partial charge in [-0.1, -0.05) is 6.07 Å². The van der Waals surface area contributed by atoms with Crippen molar-refractivity contribution in [2.24, 2.45) is 0 Å². The lowest BCUT2D eigenvalue weighted by atomic mass is 10.0. The van der Waals surface area contributed by atoms with E-state index in [2.05, 4.69) is 10.3 Å². The average Bonchev–Trinajstić information content (AvgIpc) is 2.76.